The second-order valence-electron chi connectivity index (χ2n) is 6.88. The molecule has 0 unspecified atom stereocenters. The van der Waals surface area contributed by atoms with E-state index in [1.165, 1.54) is 7.11 Å². The van der Waals surface area contributed by atoms with E-state index in [9.17, 15) is 9.59 Å². The fraction of sp³-hybridized carbons (Fsp3) is 0.300. The Morgan fingerprint density at radius 1 is 1.21 bits per heavy atom. The van der Waals surface area contributed by atoms with Crippen molar-refractivity contribution < 1.29 is 9.53 Å². The molecule has 0 atom stereocenters. The van der Waals surface area contributed by atoms with Crippen LogP contribution in [0.5, 0.6) is 5.75 Å². The number of methoxy groups -OCH3 is 1. The third-order valence-electron chi connectivity index (χ3n) is 5.16. The number of nitrogens with two attached hydrogens (primary N) is 1. The molecule has 1 aliphatic carbocycles. The van der Waals surface area contributed by atoms with Crippen LogP contribution in [0.1, 0.15) is 42.1 Å². The fourth-order valence-corrected chi connectivity index (χ4v) is 3.81. The van der Waals surface area contributed by atoms with Gasteiger partial charge >= 0.3 is 5.69 Å². The molecule has 1 saturated carbocycles. The number of hydrogen-bond donors (Lipinski definition) is 3. The summed E-state index contributed by atoms with van der Waals surface area (Å²) in [4.78, 5) is 27.8. The van der Waals surface area contributed by atoms with Crippen molar-refractivity contribution in [3.05, 3.63) is 52.4 Å². The molecular weight excluding hydrogens is 380 g/mol. The summed E-state index contributed by atoms with van der Waals surface area (Å²) >= 11 is 0. The number of H-pyrrole nitrogens is 1. The van der Waals surface area contributed by atoms with Crippen LogP contribution < -0.4 is 21.5 Å². The number of amides is 1. The third-order valence-corrected chi connectivity index (χ3v) is 5.16. The molecule has 0 bridgehead atoms. The summed E-state index contributed by atoms with van der Waals surface area (Å²) in [5.41, 5.74) is 8.78. The molecule has 1 aromatic heterocycles. The number of halogens is 1. The molecule has 1 aliphatic rings. The summed E-state index contributed by atoms with van der Waals surface area (Å²) in [6, 6.07) is 10.6. The van der Waals surface area contributed by atoms with Crippen molar-refractivity contribution in [3.8, 4) is 5.75 Å². The lowest BCUT2D eigenvalue weighted by molar-refractivity contribution is 0.102. The Hall–Kier alpha value is -2.93. The summed E-state index contributed by atoms with van der Waals surface area (Å²) < 4.78 is 6.95. The smallest absolute Gasteiger partial charge is 0.326 e. The van der Waals surface area contributed by atoms with E-state index in [-0.39, 0.29) is 30.0 Å². The molecule has 0 spiro atoms. The Morgan fingerprint density at radius 2 is 1.96 bits per heavy atom. The Bertz CT molecular complexity index is 1070. The van der Waals surface area contributed by atoms with Gasteiger partial charge in [-0.15, -0.1) is 12.4 Å². The number of rotatable bonds is 4. The van der Waals surface area contributed by atoms with Crippen LogP contribution in [0.4, 0.5) is 11.4 Å². The van der Waals surface area contributed by atoms with Crippen molar-refractivity contribution in [2.24, 2.45) is 0 Å². The average molecular weight is 403 g/mol. The standard InChI is InChI=1S/C20H22N4O3.ClH/c1-27-18-9-7-13(11-15(18)21)22-19(25)12-6-8-17-16(10-12)23-20(26)24(17)14-4-2-3-5-14;/h6-11,14H,2-5,21H2,1H3,(H,22,25)(H,23,26);1H. The molecule has 7 nitrogen and oxygen atoms in total. The summed E-state index contributed by atoms with van der Waals surface area (Å²) in [6.07, 6.45) is 4.34. The van der Waals surface area contributed by atoms with Gasteiger partial charge in [0.15, 0.2) is 0 Å². The van der Waals surface area contributed by atoms with Crippen LogP contribution in [-0.2, 0) is 0 Å². The molecule has 0 saturated heterocycles. The molecule has 0 aliphatic heterocycles. The van der Waals surface area contributed by atoms with Crippen molar-refractivity contribution in [3.63, 3.8) is 0 Å². The van der Waals surface area contributed by atoms with Crippen LogP contribution in [0.15, 0.2) is 41.2 Å². The number of ether oxygens (including phenoxy) is 1. The topological polar surface area (TPSA) is 102 Å². The highest BCUT2D eigenvalue weighted by molar-refractivity contribution is 6.06. The van der Waals surface area contributed by atoms with Crippen LogP contribution in [-0.4, -0.2) is 22.6 Å². The lowest BCUT2D eigenvalue weighted by Gasteiger charge is -2.11. The number of benzene rings is 2. The van der Waals surface area contributed by atoms with Gasteiger partial charge in [0.1, 0.15) is 5.75 Å². The quantitative estimate of drug-likeness (QED) is 0.579. The number of carbonyl (C=O) groups is 1. The lowest BCUT2D eigenvalue weighted by Crippen LogP contribution is -2.20. The molecule has 2 aromatic carbocycles. The molecule has 148 valence electrons. The molecule has 28 heavy (non-hydrogen) atoms. The number of nitrogens with zero attached hydrogens (tertiary/aromatic N) is 1. The van der Waals surface area contributed by atoms with Gasteiger partial charge in [-0.05, 0) is 49.2 Å². The second kappa shape index (κ2) is 7.98. The van der Waals surface area contributed by atoms with E-state index >= 15 is 0 Å². The maximum Gasteiger partial charge on any atom is 0.326 e. The monoisotopic (exact) mass is 402 g/mol. The van der Waals surface area contributed by atoms with E-state index in [0.717, 1.165) is 31.2 Å². The molecule has 4 rings (SSSR count). The first-order valence-electron chi connectivity index (χ1n) is 9.06. The van der Waals surface area contributed by atoms with Crippen molar-refractivity contribution in [2.75, 3.05) is 18.2 Å². The molecule has 1 heterocycles. The molecule has 4 N–H and O–H groups in total. The first-order chi connectivity index (χ1) is 13.1. The van der Waals surface area contributed by atoms with Gasteiger partial charge in [0.05, 0.1) is 23.8 Å². The first-order valence-corrected chi connectivity index (χ1v) is 9.06. The fourth-order valence-electron chi connectivity index (χ4n) is 3.81. The maximum atomic E-state index is 12.6. The number of nitrogen functional groups attached to an aromatic ring is 1. The van der Waals surface area contributed by atoms with Crippen LogP contribution in [0.3, 0.4) is 0 Å². The van der Waals surface area contributed by atoms with Gasteiger partial charge in [-0.25, -0.2) is 4.79 Å². The van der Waals surface area contributed by atoms with Crippen LogP contribution in [0, 0.1) is 0 Å². The zero-order valence-corrected chi connectivity index (χ0v) is 16.3. The van der Waals surface area contributed by atoms with Gasteiger partial charge in [-0.2, -0.15) is 0 Å². The number of anilines is 2. The molecule has 1 fully saturated rings. The van der Waals surface area contributed by atoms with Gasteiger partial charge in [-0.1, -0.05) is 12.8 Å². The summed E-state index contributed by atoms with van der Waals surface area (Å²) in [7, 11) is 1.54. The van der Waals surface area contributed by atoms with Gasteiger partial charge in [0.25, 0.3) is 5.91 Å². The minimum atomic E-state index is -0.268. The van der Waals surface area contributed by atoms with Crippen LogP contribution >= 0.6 is 12.4 Å². The highest BCUT2D eigenvalue weighted by atomic mass is 35.5. The normalized spacial score (nSPS) is 14.0. The summed E-state index contributed by atoms with van der Waals surface area (Å²) in [5, 5.41) is 2.82. The number of nitrogens with one attached hydrogen (secondary N) is 2. The van der Waals surface area contributed by atoms with Gasteiger partial charge in [0, 0.05) is 17.3 Å². The van der Waals surface area contributed by atoms with Gasteiger partial charge < -0.3 is 20.8 Å². The SMILES string of the molecule is COc1ccc(NC(=O)c2ccc3c(c2)[nH]c(=O)n3C2CCCC2)cc1N.Cl. The maximum absolute atomic E-state index is 12.6. The molecule has 3 aromatic rings. The Labute approximate surface area is 168 Å². The van der Waals surface area contributed by atoms with E-state index in [0.29, 0.717) is 28.2 Å². The Kier molecular flexibility index (Phi) is 5.65. The number of hydrogen-bond acceptors (Lipinski definition) is 4. The van der Waals surface area contributed by atoms with Crippen molar-refractivity contribution in [1.82, 2.24) is 9.55 Å². The number of imidazole rings is 1. The van der Waals surface area contributed by atoms with Crippen LogP contribution in [0.25, 0.3) is 11.0 Å². The van der Waals surface area contributed by atoms with E-state index in [2.05, 4.69) is 10.3 Å². The number of carbonyl (C=O) groups excluding carboxylic acids is 1. The van der Waals surface area contributed by atoms with E-state index < -0.39 is 0 Å². The lowest BCUT2D eigenvalue weighted by atomic mass is 10.1. The number of fused-ring (bicyclic) bond motifs is 1. The third kappa shape index (κ3) is 3.57. The van der Waals surface area contributed by atoms with E-state index in [1.807, 2.05) is 10.6 Å². The number of aromatic amines is 1. The second-order valence-corrected chi connectivity index (χ2v) is 6.88. The minimum absolute atomic E-state index is 0. The van der Waals surface area contributed by atoms with Crippen molar-refractivity contribution in [2.45, 2.75) is 31.7 Å². The zero-order valence-electron chi connectivity index (χ0n) is 15.5. The average Bonchev–Trinajstić information content (AvgIpc) is 3.27. The number of aromatic nitrogens is 2. The van der Waals surface area contributed by atoms with E-state index in [4.69, 9.17) is 10.5 Å². The molecule has 8 heteroatoms. The van der Waals surface area contributed by atoms with Crippen LogP contribution in [0.2, 0.25) is 0 Å². The predicted molar refractivity (Wildman–Crippen MR) is 113 cm³/mol. The highest BCUT2D eigenvalue weighted by Crippen LogP contribution is 2.31. The van der Waals surface area contributed by atoms with Crippen molar-refractivity contribution in [1.29, 1.82) is 0 Å². The zero-order chi connectivity index (χ0) is 19.0. The minimum Gasteiger partial charge on any atom is -0.495 e. The van der Waals surface area contributed by atoms with Gasteiger partial charge in [-0.3, -0.25) is 9.36 Å². The Morgan fingerprint density at radius 3 is 2.64 bits per heavy atom. The molecule has 0 radical (unpaired) electrons. The molecule has 1 amide bonds. The first kappa shape index (κ1) is 19.8. The largest absolute Gasteiger partial charge is 0.495 e. The van der Waals surface area contributed by atoms with Crippen molar-refractivity contribution >= 4 is 40.7 Å². The summed E-state index contributed by atoms with van der Waals surface area (Å²) in [5.74, 6) is 0.288. The van der Waals surface area contributed by atoms with E-state index in [1.54, 1.807) is 30.3 Å². The predicted octanol–water partition coefficient (Wildman–Crippen LogP) is 3.71. The Balaban J connectivity index is 0.00000225. The highest BCUT2D eigenvalue weighted by Gasteiger charge is 2.21. The summed E-state index contributed by atoms with van der Waals surface area (Å²) in [6.45, 7) is 0. The van der Waals surface area contributed by atoms with Gasteiger partial charge in [0.2, 0.25) is 0 Å². The molecular formula is C20H23ClN4O3.